The van der Waals surface area contributed by atoms with Gasteiger partial charge in [-0.2, -0.15) is 13.2 Å². The van der Waals surface area contributed by atoms with Crippen molar-refractivity contribution in [1.82, 2.24) is 28.4 Å². The van der Waals surface area contributed by atoms with Gasteiger partial charge in [-0.1, -0.05) is 0 Å². The number of piperazine rings is 3. The zero-order chi connectivity index (χ0) is 69.2. The molecule has 0 saturated carbocycles. The minimum absolute atomic E-state index is 0.0362. The molecule has 6 aromatic rings. The van der Waals surface area contributed by atoms with Crippen LogP contribution in [0.4, 0.5) is 43.4 Å². The van der Waals surface area contributed by atoms with Crippen LogP contribution in [-0.4, -0.2) is 247 Å². The number of carboxylic acids is 2. The van der Waals surface area contributed by atoms with E-state index in [4.69, 9.17) is 43.8 Å². The van der Waals surface area contributed by atoms with Crippen molar-refractivity contribution in [3.8, 4) is 17.2 Å². The first-order chi connectivity index (χ1) is 44.9. The SMILES string of the molecule is CC1COc2c(N3CCN(C)CC3)c(F)cc3c(=O)c(C(=O)O)cn1c23.CC1COc2c(N3CCN(C)CC3)c(F)cc3c(=O)c(C(=O)OCC(O)CO)cn1c23.CC1COc2c(N3CCN(C)CC3)c(F)cc3c(=O)c(C(=O)OCC(O)CO)cn1c23.O=C(O)C(F)(F)F. The normalized spacial score (nSPS) is 19.4. The second kappa shape index (κ2) is 29.1. The number of carboxylic acid groups (broad SMARTS) is 2. The van der Waals surface area contributed by atoms with Crippen LogP contribution in [0.1, 0.15) is 70.0 Å². The summed E-state index contributed by atoms with van der Waals surface area (Å²) in [6.07, 6.45) is -3.42. The number of benzene rings is 3. The third kappa shape index (κ3) is 14.7. The van der Waals surface area contributed by atoms with Crippen molar-refractivity contribution in [2.75, 3.05) is 161 Å². The molecule has 0 amide bonds. The Morgan fingerprint density at radius 3 is 1.02 bits per heavy atom. The van der Waals surface area contributed by atoms with Crippen molar-refractivity contribution in [2.24, 2.45) is 0 Å². The first-order valence-corrected chi connectivity index (χ1v) is 30.3. The molecule has 516 valence electrons. The highest BCUT2D eigenvalue weighted by Gasteiger charge is 2.39. The van der Waals surface area contributed by atoms with Gasteiger partial charge in [0, 0.05) is 97.1 Å². The molecule has 0 spiro atoms. The van der Waals surface area contributed by atoms with E-state index in [-0.39, 0.29) is 70.8 Å². The Hall–Kier alpha value is -8.73. The lowest BCUT2D eigenvalue weighted by molar-refractivity contribution is -0.192. The van der Waals surface area contributed by atoms with Crippen molar-refractivity contribution in [2.45, 2.75) is 57.3 Å². The van der Waals surface area contributed by atoms with Gasteiger partial charge in [-0.05, 0) is 60.1 Å². The van der Waals surface area contributed by atoms with Crippen molar-refractivity contribution < 1.29 is 99.8 Å². The fourth-order valence-corrected chi connectivity index (χ4v) is 11.7. The molecule has 3 aromatic heterocycles. The maximum atomic E-state index is 15.3. The van der Waals surface area contributed by atoms with Crippen LogP contribution in [0.25, 0.3) is 32.7 Å². The van der Waals surface area contributed by atoms with Crippen molar-refractivity contribution in [3.63, 3.8) is 0 Å². The number of alkyl halides is 3. The van der Waals surface area contributed by atoms with Gasteiger partial charge in [-0.25, -0.2) is 32.3 Å². The fourth-order valence-electron chi connectivity index (χ4n) is 11.7. The summed E-state index contributed by atoms with van der Waals surface area (Å²) in [5, 5.41) is 53.1. The first kappa shape index (κ1) is 70.6. The molecule has 0 bridgehead atoms. The molecule has 0 radical (unpaired) electrons. The summed E-state index contributed by atoms with van der Waals surface area (Å²) in [4.78, 5) is 96.2. The maximum Gasteiger partial charge on any atom is 0.490 e. The molecular weight excluding hydrogens is 1270 g/mol. The highest BCUT2D eigenvalue weighted by Crippen LogP contribution is 2.45. The van der Waals surface area contributed by atoms with E-state index in [1.165, 1.54) is 18.6 Å². The molecule has 12 rings (SSSR count). The Bertz CT molecular complexity index is 3940. The highest BCUT2D eigenvalue weighted by atomic mass is 19.4. The predicted octanol–water partition coefficient (Wildman–Crippen LogP) is 2.89. The molecule has 5 atom stereocenters. The van der Waals surface area contributed by atoms with Crippen LogP contribution in [0.2, 0.25) is 0 Å². The molecule has 9 heterocycles. The van der Waals surface area contributed by atoms with Gasteiger partial charge >= 0.3 is 30.1 Å². The lowest BCUT2D eigenvalue weighted by Crippen LogP contribution is -2.45. The Balaban J connectivity index is 0.000000160. The summed E-state index contributed by atoms with van der Waals surface area (Å²) in [5.74, 6) is -6.71. The van der Waals surface area contributed by atoms with Crippen LogP contribution in [0.5, 0.6) is 17.2 Å². The average molecular weight is 1350 g/mol. The number of aliphatic carboxylic acids is 1. The van der Waals surface area contributed by atoms with E-state index in [2.05, 4.69) is 14.7 Å². The summed E-state index contributed by atoms with van der Waals surface area (Å²) < 4.78 is 110. The Morgan fingerprint density at radius 2 is 0.768 bits per heavy atom. The van der Waals surface area contributed by atoms with E-state index in [0.29, 0.717) is 90.1 Å². The second-order valence-corrected chi connectivity index (χ2v) is 24.0. The Kier molecular flexibility index (Phi) is 21.6. The molecule has 3 aromatic carbocycles. The van der Waals surface area contributed by atoms with Crippen molar-refractivity contribution in [3.05, 3.63) is 102 Å². The molecule has 95 heavy (non-hydrogen) atoms. The number of pyridine rings is 3. The van der Waals surface area contributed by atoms with Crippen LogP contribution < -0.4 is 45.2 Å². The molecule has 33 heteroatoms. The van der Waals surface area contributed by atoms with Gasteiger partial charge in [0.25, 0.3) is 0 Å². The standard InChI is InChI=1S/2C21H26FN3O6.C18H20FN3O4.C2HF3O2/c2*1-12-10-30-20-17-14(7-16(22)18(20)24-5-3-23(2)4-6-24)19(28)15(8-25(12)17)21(29)31-11-13(27)9-26;1-10-9-26-17-14-11(16(23)12(18(24)25)8-22(10)14)7-13(19)15(17)21-5-3-20(2)4-6-21;3-2(4,5)1(6)7/h2*7-8,12-13,26-27H,3-6,9-11H2,1-2H3;7-8,10H,3-6,9H2,1-2H3,(H,24,25);(H,6,7). The number of anilines is 3. The molecule has 6 aliphatic heterocycles. The first-order valence-electron chi connectivity index (χ1n) is 30.3. The molecule has 5 unspecified atom stereocenters. The van der Waals surface area contributed by atoms with Crippen LogP contribution in [0.15, 0.2) is 51.2 Å². The summed E-state index contributed by atoms with van der Waals surface area (Å²) in [6.45, 7) is 12.9. The van der Waals surface area contributed by atoms with Crippen LogP contribution in [0.3, 0.4) is 0 Å². The lowest BCUT2D eigenvalue weighted by atomic mass is 10.1. The zero-order valence-corrected chi connectivity index (χ0v) is 52.7. The summed E-state index contributed by atoms with van der Waals surface area (Å²) in [6, 6.07) is 2.92. The predicted molar refractivity (Wildman–Crippen MR) is 332 cm³/mol. The van der Waals surface area contributed by atoms with Gasteiger partial charge in [0.1, 0.15) is 79.0 Å². The third-order valence-electron chi connectivity index (χ3n) is 17.0. The zero-order valence-electron chi connectivity index (χ0n) is 52.7. The highest BCUT2D eigenvalue weighted by molar-refractivity contribution is 6.00. The molecule has 3 saturated heterocycles. The largest absolute Gasteiger partial charge is 0.490 e. The molecule has 0 aliphatic carbocycles. The molecular formula is C62H73F6N9O18. The topological polar surface area (TPSA) is 321 Å². The molecule has 3 fully saturated rings. The van der Waals surface area contributed by atoms with Gasteiger partial charge in [0.15, 0.2) is 34.7 Å². The lowest BCUT2D eigenvalue weighted by Gasteiger charge is -2.37. The van der Waals surface area contributed by atoms with Gasteiger partial charge in [0.2, 0.25) is 16.3 Å². The number of hydrogen-bond donors (Lipinski definition) is 6. The van der Waals surface area contributed by atoms with E-state index >= 15 is 8.78 Å². The number of halogens is 6. The smallest absolute Gasteiger partial charge is 0.487 e. The van der Waals surface area contributed by atoms with E-state index in [0.717, 1.165) is 57.5 Å². The number of aromatic nitrogens is 3. The third-order valence-corrected chi connectivity index (χ3v) is 17.0. The molecule has 27 nitrogen and oxygen atoms in total. The minimum atomic E-state index is -5.08. The number of ether oxygens (including phenoxy) is 5. The fraction of sp³-hybridized carbons (Fsp3) is 0.500. The number of hydrogen-bond acceptors (Lipinski definition) is 22. The van der Waals surface area contributed by atoms with Gasteiger partial charge < -0.3 is 97.4 Å². The van der Waals surface area contributed by atoms with E-state index in [9.17, 15) is 61.6 Å². The van der Waals surface area contributed by atoms with Gasteiger partial charge in [-0.3, -0.25) is 14.4 Å². The van der Waals surface area contributed by atoms with E-state index in [1.54, 1.807) is 13.7 Å². The number of nitrogens with zero attached hydrogens (tertiary/aromatic N) is 9. The van der Waals surface area contributed by atoms with Crippen LogP contribution in [0, 0.1) is 17.5 Å². The Labute approximate surface area is 537 Å². The molecule has 6 N–H and O–H groups in total. The maximum absolute atomic E-state index is 15.3. The number of carbonyl (C=O) groups is 4. The summed E-state index contributed by atoms with van der Waals surface area (Å²) in [7, 11) is 6.03. The second-order valence-electron chi connectivity index (χ2n) is 24.0. The number of aliphatic hydroxyl groups is 4. The van der Waals surface area contributed by atoms with Crippen LogP contribution in [-0.2, 0) is 14.3 Å². The number of aromatic carboxylic acids is 1. The van der Waals surface area contributed by atoms with E-state index in [1.807, 2.05) is 56.6 Å². The van der Waals surface area contributed by atoms with E-state index < -0.39 is 102 Å². The quantitative estimate of drug-likeness (QED) is 0.0758. The number of esters is 2. The monoisotopic (exact) mass is 1350 g/mol. The van der Waals surface area contributed by atoms with Gasteiger partial charge in [-0.15, -0.1) is 0 Å². The number of carbonyl (C=O) groups excluding carboxylic acids is 2. The summed E-state index contributed by atoms with van der Waals surface area (Å²) in [5.41, 5.74) is -0.511. The minimum Gasteiger partial charge on any atom is -0.487 e. The molecule has 6 aliphatic rings. The summed E-state index contributed by atoms with van der Waals surface area (Å²) >= 11 is 0. The Morgan fingerprint density at radius 1 is 0.505 bits per heavy atom. The van der Waals surface area contributed by atoms with Crippen LogP contribution >= 0.6 is 0 Å². The average Bonchev–Trinajstić information content (AvgIpc) is 0.747. The number of rotatable bonds is 12. The van der Waals surface area contributed by atoms with Crippen molar-refractivity contribution >= 4 is 73.6 Å². The number of aliphatic hydroxyl groups excluding tert-OH is 4. The van der Waals surface area contributed by atoms with Crippen molar-refractivity contribution in [1.29, 1.82) is 0 Å². The van der Waals surface area contributed by atoms with Gasteiger partial charge in [0.05, 0.1) is 64.0 Å². The number of likely N-dealkylation sites (N-methyl/N-ethyl adjacent to an activating group) is 3.